The Morgan fingerprint density at radius 3 is 2.74 bits per heavy atom. The Balaban J connectivity index is 2.24. The lowest BCUT2D eigenvalue weighted by molar-refractivity contribution is -0.137. The SMILES string of the molecule is C=C(C)C(=S)Cc1cccc(/C(C)=C/C2=CCC(=S)C(C(=O)OCC)=C2)c1. The number of esters is 1. The fourth-order valence-corrected chi connectivity index (χ4v) is 3.10. The van der Waals surface area contributed by atoms with E-state index in [-0.39, 0.29) is 5.97 Å². The van der Waals surface area contributed by atoms with Crippen molar-refractivity contribution in [1.29, 1.82) is 0 Å². The first-order valence-corrected chi connectivity index (χ1v) is 9.72. The monoisotopic (exact) mass is 396 g/mol. The average Bonchev–Trinajstić information content (AvgIpc) is 2.63. The van der Waals surface area contributed by atoms with Crippen molar-refractivity contribution in [3.05, 3.63) is 76.9 Å². The van der Waals surface area contributed by atoms with Gasteiger partial charge in [-0.1, -0.05) is 67.4 Å². The number of rotatable bonds is 7. The zero-order chi connectivity index (χ0) is 20.0. The molecule has 4 heteroatoms. The van der Waals surface area contributed by atoms with E-state index < -0.39 is 0 Å². The van der Waals surface area contributed by atoms with Gasteiger partial charge in [-0.25, -0.2) is 4.79 Å². The van der Waals surface area contributed by atoms with Gasteiger partial charge in [0.2, 0.25) is 0 Å². The number of hydrogen-bond donors (Lipinski definition) is 0. The Morgan fingerprint density at radius 1 is 1.33 bits per heavy atom. The van der Waals surface area contributed by atoms with E-state index >= 15 is 0 Å². The van der Waals surface area contributed by atoms with Crippen LogP contribution in [0, 0.1) is 0 Å². The summed E-state index contributed by atoms with van der Waals surface area (Å²) in [4.78, 5) is 13.6. The van der Waals surface area contributed by atoms with Gasteiger partial charge in [-0.3, -0.25) is 0 Å². The van der Waals surface area contributed by atoms with Crippen molar-refractivity contribution in [2.75, 3.05) is 6.61 Å². The normalized spacial score (nSPS) is 14.3. The summed E-state index contributed by atoms with van der Waals surface area (Å²) in [7, 11) is 0. The number of allylic oxidation sites excluding steroid dienone is 6. The van der Waals surface area contributed by atoms with Crippen molar-refractivity contribution in [2.24, 2.45) is 0 Å². The van der Waals surface area contributed by atoms with Gasteiger partial charge in [0.05, 0.1) is 12.2 Å². The highest BCUT2D eigenvalue weighted by Crippen LogP contribution is 2.23. The van der Waals surface area contributed by atoms with Crippen LogP contribution in [0.4, 0.5) is 0 Å². The molecule has 0 radical (unpaired) electrons. The summed E-state index contributed by atoms with van der Waals surface area (Å²) in [5.74, 6) is -0.352. The maximum atomic E-state index is 12.1. The minimum atomic E-state index is -0.352. The van der Waals surface area contributed by atoms with E-state index in [0.29, 0.717) is 23.5 Å². The minimum Gasteiger partial charge on any atom is -0.462 e. The van der Waals surface area contributed by atoms with E-state index in [1.165, 1.54) is 0 Å². The molecule has 0 N–H and O–H groups in total. The Morgan fingerprint density at radius 2 is 2.07 bits per heavy atom. The third-order valence-corrected chi connectivity index (χ3v) is 5.12. The first kappa shape index (κ1) is 21.1. The van der Waals surface area contributed by atoms with Crippen molar-refractivity contribution in [3.63, 3.8) is 0 Å². The maximum absolute atomic E-state index is 12.1. The molecule has 0 heterocycles. The first-order valence-electron chi connectivity index (χ1n) is 8.90. The summed E-state index contributed by atoms with van der Waals surface area (Å²) in [6.45, 7) is 10.0. The summed E-state index contributed by atoms with van der Waals surface area (Å²) in [6.07, 6.45) is 7.21. The number of hydrogen-bond acceptors (Lipinski definition) is 4. The second-order valence-corrected chi connectivity index (χ2v) is 7.50. The molecule has 1 aromatic carbocycles. The molecule has 2 rings (SSSR count). The molecule has 2 nitrogen and oxygen atoms in total. The summed E-state index contributed by atoms with van der Waals surface area (Å²) in [6, 6.07) is 8.32. The number of benzene rings is 1. The summed E-state index contributed by atoms with van der Waals surface area (Å²) in [5, 5.41) is 0. The smallest absolute Gasteiger partial charge is 0.339 e. The number of carbonyl (C=O) groups excluding carboxylic acids is 1. The largest absolute Gasteiger partial charge is 0.462 e. The lowest BCUT2D eigenvalue weighted by Gasteiger charge is -2.13. The molecular formula is C23H24O2S2. The molecule has 0 unspecified atom stereocenters. The van der Waals surface area contributed by atoms with Gasteiger partial charge in [-0.2, -0.15) is 0 Å². The topological polar surface area (TPSA) is 26.3 Å². The van der Waals surface area contributed by atoms with Crippen molar-refractivity contribution in [1.82, 2.24) is 0 Å². The van der Waals surface area contributed by atoms with E-state index in [0.717, 1.165) is 39.1 Å². The maximum Gasteiger partial charge on any atom is 0.339 e. The lowest BCUT2D eigenvalue weighted by atomic mass is 9.95. The Bertz CT molecular complexity index is 885. The molecule has 140 valence electrons. The molecule has 0 fully saturated rings. The van der Waals surface area contributed by atoms with Gasteiger partial charge in [-0.15, -0.1) is 0 Å². The van der Waals surface area contributed by atoms with Crippen LogP contribution in [-0.4, -0.2) is 22.3 Å². The minimum absolute atomic E-state index is 0.339. The Labute approximate surface area is 172 Å². The second-order valence-electron chi connectivity index (χ2n) is 6.52. The van der Waals surface area contributed by atoms with Gasteiger partial charge in [-0.05, 0) is 54.7 Å². The zero-order valence-corrected chi connectivity index (χ0v) is 17.6. The third kappa shape index (κ3) is 5.91. The van der Waals surface area contributed by atoms with Crippen LogP contribution in [-0.2, 0) is 16.0 Å². The molecule has 0 atom stereocenters. The predicted molar refractivity (Wildman–Crippen MR) is 121 cm³/mol. The number of ether oxygens (including phenoxy) is 1. The zero-order valence-electron chi connectivity index (χ0n) is 16.0. The molecule has 0 spiro atoms. The van der Waals surface area contributed by atoms with Crippen LogP contribution in [0.25, 0.3) is 5.57 Å². The molecule has 1 aliphatic carbocycles. The van der Waals surface area contributed by atoms with E-state index in [1.54, 1.807) is 6.92 Å². The summed E-state index contributed by atoms with van der Waals surface area (Å²) in [5.41, 5.74) is 5.77. The highest BCUT2D eigenvalue weighted by atomic mass is 32.1. The molecule has 0 saturated heterocycles. The second kappa shape index (κ2) is 9.67. The van der Waals surface area contributed by atoms with Gasteiger partial charge in [0.15, 0.2) is 0 Å². The van der Waals surface area contributed by atoms with Gasteiger partial charge in [0.25, 0.3) is 0 Å². The Kier molecular flexibility index (Phi) is 7.57. The molecular weight excluding hydrogens is 372 g/mol. The molecule has 27 heavy (non-hydrogen) atoms. The first-order chi connectivity index (χ1) is 12.8. The summed E-state index contributed by atoms with van der Waals surface area (Å²) < 4.78 is 5.10. The standard InChI is InChI=1S/C23H24O2S2/c1-5-25-23(24)20-13-18(9-10-21(20)26)11-16(4)19-8-6-7-17(12-19)14-22(27)15(2)3/h6-9,11-13H,2,5,10,14H2,1,3-4H3/b16-11+. The lowest BCUT2D eigenvalue weighted by Crippen LogP contribution is -2.16. The molecule has 0 saturated carbocycles. The van der Waals surface area contributed by atoms with E-state index in [1.807, 2.05) is 25.1 Å². The van der Waals surface area contributed by atoms with Crippen LogP contribution in [0.5, 0.6) is 0 Å². The van der Waals surface area contributed by atoms with Crippen molar-refractivity contribution in [2.45, 2.75) is 33.6 Å². The van der Waals surface area contributed by atoms with Crippen LogP contribution in [0.2, 0.25) is 0 Å². The molecule has 0 aromatic heterocycles. The molecule has 0 bridgehead atoms. The average molecular weight is 397 g/mol. The third-order valence-electron chi connectivity index (χ3n) is 4.24. The highest BCUT2D eigenvalue weighted by molar-refractivity contribution is 7.81. The van der Waals surface area contributed by atoms with Crippen LogP contribution in [0.1, 0.15) is 38.3 Å². The number of thiocarbonyl (C=S) groups is 2. The van der Waals surface area contributed by atoms with Gasteiger partial charge in [0, 0.05) is 22.6 Å². The fourth-order valence-electron chi connectivity index (χ4n) is 2.70. The Hall–Kier alpha value is -2.17. The van der Waals surface area contributed by atoms with Crippen LogP contribution in [0.3, 0.4) is 0 Å². The van der Waals surface area contributed by atoms with Crippen molar-refractivity contribution >= 4 is 45.7 Å². The van der Waals surface area contributed by atoms with Gasteiger partial charge >= 0.3 is 5.97 Å². The predicted octanol–water partition coefficient (Wildman–Crippen LogP) is 5.77. The van der Waals surface area contributed by atoms with E-state index in [2.05, 4.69) is 37.8 Å². The van der Waals surface area contributed by atoms with Crippen molar-refractivity contribution in [3.8, 4) is 0 Å². The molecule has 0 aliphatic heterocycles. The van der Waals surface area contributed by atoms with Crippen LogP contribution in [0.15, 0.2) is 65.8 Å². The van der Waals surface area contributed by atoms with Crippen LogP contribution < -0.4 is 0 Å². The van der Waals surface area contributed by atoms with Gasteiger partial charge in [0.1, 0.15) is 0 Å². The molecule has 1 aliphatic rings. The van der Waals surface area contributed by atoms with E-state index in [9.17, 15) is 4.79 Å². The quantitative estimate of drug-likeness (QED) is 0.332. The highest BCUT2D eigenvalue weighted by Gasteiger charge is 2.18. The number of carbonyl (C=O) groups is 1. The molecule has 0 amide bonds. The molecule has 1 aromatic rings. The fraction of sp³-hybridized carbons (Fsp3) is 0.261. The summed E-state index contributed by atoms with van der Waals surface area (Å²) >= 11 is 10.7. The van der Waals surface area contributed by atoms with E-state index in [4.69, 9.17) is 29.2 Å². The van der Waals surface area contributed by atoms with Crippen LogP contribution >= 0.6 is 24.4 Å². The van der Waals surface area contributed by atoms with Crippen molar-refractivity contribution < 1.29 is 9.53 Å². The van der Waals surface area contributed by atoms with Gasteiger partial charge < -0.3 is 4.74 Å².